The normalized spacial score (nSPS) is 13.8. The zero-order chi connectivity index (χ0) is 12.4. The van der Waals surface area contributed by atoms with E-state index in [4.69, 9.17) is 5.84 Å². The van der Waals surface area contributed by atoms with Crippen LogP contribution in [0, 0.1) is 0 Å². The Morgan fingerprint density at radius 3 is 2.94 bits per heavy atom. The minimum atomic E-state index is -0.602. The van der Waals surface area contributed by atoms with Crippen molar-refractivity contribution in [1.82, 2.24) is 10.7 Å². The van der Waals surface area contributed by atoms with Gasteiger partial charge in [-0.15, -0.1) is 0 Å². The highest BCUT2D eigenvalue weighted by Gasteiger charge is 2.31. The Hall–Kier alpha value is -1.92. The highest BCUT2D eigenvalue weighted by Crippen LogP contribution is 2.29. The first kappa shape index (κ1) is 11.6. The van der Waals surface area contributed by atoms with E-state index in [1.807, 2.05) is 24.6 Å². The van der Waals surface area contributed by atoms with Crippen molar-refractivity contribution in [3.8, 4) is 0 Å². The molecule has 0 radical (unpaired) electrons. The zero-order valence-corrected chi connectivity index (χ0v) is 9.49. The van der Waals surface area contributed by atoms with E-state index in [9.17, 15) is 9.59 Å². The first-order valence-electron chi connectivity index (χ1n) is 5.27. The molecule has 1 aliphatic rings. The van der Waals surface area contributed by atoms with E-state index in [1.165, 1.54) is 0 Å². The molecule has 0 fully saturated rings. The van der Waals surface area contributed by atoms with Crippen molar-refractivity contribution in [3.05, 3.63) is 29.3 Å². The predicted molar refractivity (Wildman–Crippen MR) is 63.1 cm³/mol. The Kier molecular flexibility index (Phi) is 3.08. The van der Waals surface area contributed by atoms with Gasteiger partial charge in [-0.25, -0.2) is 15.5 Å². The van der Waals surface area contributed by atoms with E-state index >= 15 is 0 Å². The Morgan fingerprint density at radius 2 is 2.29 bits per heavy atom. The fourth-order valence-corrected chi connectivity index (χ4v) is 1.98. The standard InChI is InChI=1S/C11H14N4O2/c1-13-6-7-2-3-9-8(4-7)5-10(16)15(9)11(17)14-12/h2-4,13H,5-6,12H2,1H3,(H,14,17). The lowest BCUT2D eigenvalue weighted by Gasteiger charge is -2.14. The molecule has 1 aliphatic heterocycles. The number of hydrogen-bond donors (Lipinski definition) is 3. The van der Waals surface area contributed by atoms with Crippen LogP contribution in [0.3, 0.4) is 0 Å². The third-order valence-corrected chi connectivity index (χ3v) is 2.68. The van der Waals surface area contributed by atoms with E-state index in [2.05, 4.69) is 5.32 Å². The number of carbonyl (C=O) groups excluding carboxylic acids is 2. The molecule has 1 heterocycles. The van der Waals surface area contributed by atoms with Gasteiger partial charge in [-0.05, 0) is 24.2 Å². The molecule has 0 unspecified atom stereocenters. The molecule has 1 aromatic carbocycles. The van der Waals surface area contributed by atoms with Crippen LogP contribution in [0.4, 0.5) is 10.5 Å². The van der Waals surface area contributed by atoms with Gasteiger partial charge in [0.1, 0.15) is 0 Å². The van der Waals surface area contributed by atoms with Crippen molar-refractivity contribution in [1.29, 1.82) is 0 Å². The molecule has 6 heteroatoms. The summed E-state index contributed by atoms with van der Waals surface area (Å²) in [5, 5.41) is 3.03. The van der Waals surface area contributed by atoms with Crippen molar-refractivity contribution in [3.63, 3.8) is 0 Å². The number of anilines is 1. The van der Waals surface area contributed by atoms with E-state index in [1.54, 1.807) is 6.07 Å². The smallest absolute Gasteiger partial charge is 0.316 e. The molecule has 1 aromatic rings. The van der Waals surface area contributed by atoms with Crippen LogP contribution in [-0.2, 0) is 17.8 Å². The summed E-state index contributed by atoms with van der Waals surface area (Å²) in [5.74, 6) is 4.79. The van der Waals surface area contributed by atoms with Crippen LogP contribution in [0.25, 0.3) is 0 Å². The van der Waals surface area contributed by atoms with Gasteiger partial charge < -0.3 is 5.32 Å². The number of rotatable bonds is 2. The second-order valence-corrected chi connectivity index (χ2v) is 3.85. The second kappa shape index (κ2) is 4.52. The molecular formula is C11H14N4O2. The zero-order valence-electron chi connectivity index (χ0n) is 9.49. The van der Waals surface area contributed by atoms with Gasteiger partial charge in [0.05, 0.1) is 12.1 Å². The summed E-state index contributed by atoms with van der Waals surface area (Å²) in [5.41, 5.74) is 4.51. The van der Waals surface area contributed by atoms with Crippen LogP contribution in [0.5, 0.6) is 0 Å². The SMILES string of the molecule is CNCc1ccc2c(c1)CC(=O)N2C(=O)NN. The number of hydrogen-bond acceptors (Lipinski definition) is 4. The number of fused-ring (bicyclic) bond motifs is 1. The Bertz CT molecular complexity index is 473. The largest absolute Gasteiger partial charge is 0.342 e. The molecule has 0 bridgehead atoms. The van der Waals surface area contributed by atoms with Crippen LogP contribution in [0.1, 0.15) is 11.1 Å². The van der Waals surface area contributed by atoms with Crippen molar-refractivity contribution >= 4 is 17.6 Å². The predicted octanol–water partition coefficient (Wildman–Crippen LogP) is -0.122. The number of nitrogens with zero attached hydrogens (tertiary/aromatic N) is 1. The number of hydrazine groups is 1. The van der Waals surface area contributed by atoms with Crippen LogP contribution in [0.15, 0.2) is 18.2 Å². The van der Waals surface area contributed by atoms with E-state index in [0.29, 0.717) is 5.69 Å². The van der Waals surface area contributed by atoms with Gasteiger partial charge in [0.25, 0.3) is 0 Å². The molecule has 0 spiro atoms. The third kappa shape index (κ3) is 2.00. The fraction of sp³-hybridized carbons (Fsp3) is 0.273. The highest BCUT2D eigenvalue weighted by molar-refractivity contribution is 6.18. The van der Waals surface area contributed by atoms with E-state index < -0.39 is 6.03 Å². The molecule has 3 amide bonds. The van der Waals surface area contributed by atoms with E-state index in [-0.39, 0.29) is 12.3 Å². The number of urea groups is 1. The number of nitrogens with two attached hydrogens (primary N) is 1. The fourth-order valence-electron chi connectivity index (χ4n) is 1.98. The number of amides is 3. The van der Waals surface area contributed by atoms with Crippen molar-refractivity contribution < 1.29 is 9.59 Å². The number of carbonyl (C=O) groups is 2. The molecule has 0 aliphatic carbocycles. The summed E-state index contributed by atoms with van der Waals surface area (Å²) < 4.78 is 0. The molecule has 0 saturated carbocycles. The molecule has 2 rings (SSSR count). The summed E-state index contributed by atoms with van der Waals surface area (Å²) in [6, 6.07) is 4.97. The molecule has 0 aromatic heterocycles. The van der Waals surface area contributed by atoms with E-state index in [0.717, 1.165) is 22.6 Å². The molecule has 90 valence electrons. The maximum Gasteiger partial charge on any atom is 0.342 e. The topological polar surface area (TPSA) is 87.5 Å². The molecule has 4 N–H and O–H groups in total. The summed E-state index contributed by atoms with van der Waals surface area (Å²) in [7, 11) is 1.85. The quantitative estimate of drug-likeness (QED) is 0.378. The average molecular weight is 234 g/mol. The monoisotopic (exact) mass is 234 g/mol. The average Bonchev–Trinajstić information content (AvgIpc) is 2.64. The Balaban J connectivity index is 2.35. The van der Waals surface area contributed by atoms with Gasteiger partial charge in [-0.3, -0.25) is 10.2 Å². The van der Waals surface area contributed by atoms with Gasteiger partial charge in [0, 0.05) is 6.54 Å². The Labute approximate surface area is 98.7 Å². The summed E-state index contributed by atoms with van der Waals surface area (Å²) in [6.45, 7) is 0.727. The van der Waals surface area contributed by atoms with Gasteiger partial charge >= 0.3 is 6.03 Å². The molecule has 6 nitrogen and oxygen atoms in total. The van der Waals surface area contributed by atoms with Crippen molar-refractivity contribution in [2.24, 2.45) is 5.84 Å². The van der Waals surface area contributed by atoms with Crippen LogP contribution >= 0.6 is 0 Å². The maximum atomic E-state index is 11.7. The van der Waals surface area contributed by atoms with Crippen LogP contribution < -0.4 is 21.5 Å². The van der Waals surface area contributed by atoms with Crippen molar-refractivity contribution in [2.75, 3.05) is 11.9 Å². The first-order valence-corrected chi connectivity index (χ1v) is 5.27. The highest BCUT2D eigenvalue weighted by atomic mass is 16.2. The lowest BCUT2D eigenvalue weighted by Crippen LogP contribution is -2.45. The number of nitrogens with one attached hydrogen (secondary N) is 2. The third-order valence-electron chi connectivity index (χ3n) is 2.68. The number of benzene rings is 1. The summed E-state index contributed by atoms with van der Waals surface area (Å²) >= 11 is 0. The van der Waals surface area contributed by atoms with Crippen LogP contribution in [0.2, 0.25) is 0 Å². The van der Waals surface area contributed by atoms with Crippen LogP contribution in [-0.4, -0.2) is 19.0 Å². The molecule has 17 heavy (non-hydrogen) atoms. The maximum absolute atomic E-state index is 11.7. The Morgan fingerprint density at radius 1 is 1.53 bits per heavy atom. The minimum absolute atomic E-state index is 0.236. The number of imide groups is 1. The molecule has 0 saturated heterocycles. The summed E-state index contributed by atoms with van der Waals surface area (Å²) in [4.78, 5) is 24.2. The molecule has 0 atom stereocenters. The van der Waals surface area contributed by atoms with Gasteiger partial charge in [-0.1, -0.05) is 12.1 Å². The second-order valence-electron chi connectivity index (χ2n) is 3.85. The lowest BCUT2D eigenvalue weighted by molar-refractivity contribution is -0.116. The summed E-state index contributed by atoms with van der Waals surface area (Å²) in [6.07, 6.45) is 0.236. The van der Waals surface area contributed by atoms with Crippen molar-refractivity contribution in [2.45, 2.75) is 13.0 Å². The van der Waals surface area contributed by atoms with Gasteiger partial charge in [0.2, 0.25) is 5.91 Å². The first-order chi connectivity index (χ1) is 8.17. The minimum Gasteiger partial charge on any atom is -0.316 e. The lowest BCUT2D eigenvalue weighted by atomic mass is 10.1. The van der Waals surface area contributed by atoms with Gasteiger partial charge in [0.15, 0.2) is 0 Å². The molecular weight excluding hydrogens is 220 g/mol. The van der Waals surface area contributed by atoms with Gasteiger partial charge in [-0.2, -0.15) is 0 Å².